The van der Waals surface area contributed by atoms with Crippen molar-refractivity contribution < 1.29 is 23.7 Å². The Morgan fingerprint density at radius 3 is 2.65 bits per heavy atom. The normalized spacial score (nSPS) is 30.4. The second-order valence-corrected chi connectivity index (χ2v) is 10.6. The van der Waals surface area contributed by atoms with Gasteiger partial charge in [-0.1, -0.05) is 0 Å². The third-order valence-corrected chi connectivity index (χ3v) is 4.92. The predicted octanol–water partition coefficient (Wildman–Crippen LogP) is -1.42. The van der Waals surface area contributed by atoms with Crippen molar-refractivity contribution in [3.8, 4) is 0 Å². The minimum absolute atomic E-state index is 0.180. The van der Waals surface area contributed by atoms with Crippen LogP contribution in [0.2, 0.25) is 0 Å². The number of nitrogen functional groups attached to an aromatic ring is 1. The molecule has 1 fully saturated rings. The van der Waals surface area contributed by atoms with Gasteiger partial charge < -0.3 is 25.2 Å². The maximum atomic E-state index is 12.1. The average molecular weight is 345 g/mol. The average Bonchev–Trinajstić information content (AvgIpc) is 2.94. The van der Waals surface area contributed by atoms with E-state index in [4.69, 9.17) is 10.5 Å². The van der Waals surface area contributed by atoms with Crippen LogP contribution in [0.4, 0.5) is 5.82 Å². The molecule has 0 amide bonds. The van der Waals surface area contributed by atoms with Crippen molar-refractivity contribution in [2.45, 2.75) is 24.5 Å². The van der Waals surface area contributed by atoms with Crippen molar-refractivity contribution in [1.82, 2.24) is 19.5 Å². The summed E-state index contributed by atoms with van der Waals surface area (Å²) in [6, 6.07) is 0. The highest BCUT2D eigenvalue weighted by molar-refractivity contribution is 8.13. The molecule has 1 saturated heterocycles. The number of imidazole rings is 1. The highest BCUT2D eigenvalue weighted by atomic mass is 32.3. The molecule has 5 N–H and O–H groups in total. The molecule has 1 aliphatic rings. The summed E-state index contributed by atoms with van der Waals surface area (Å²) >= 11 is 0. The van der Waals surface area contributed by atoms with Gasteiger partial charge >= 0.3 is 0 Å². The molecule has 1 aliphatic heterocycles. The molecule has 10 nitrogen and oxygen atoms in total. The van der Waals surface area contributed by atoms with E-state index in [9.17, 15) is 19.0 Å². The van der Waals surface area contributed by atoms with Crippen LogP contribution in [0.1, 0.15) is 6.23 Å². The van der Waals surface area contributed by atoms with Crippen LogP contribution >= 0.6 is 0 Å². The molecule has 2 aromatic rings. The Hall–Kier alpha value is -1.66. The van der Waals surface area contributed by atoms with E-state index in [0.29, 0.717) is 11.2 Å². The van der Waals surface area contributed by atoms with Crippen molar-refractivity contribution in [3.63, 3.8) is 0 Å². The third kappa shape index (κ3) is 3.05. The molecule has 0 aromatic carbocycles. The number of ether oxygens (including phenoxy) is 1. The number of nitrogens with two attached hydrogens (primary N) is 1. The first kappa shape index (κ1) is 16.2. The lowest BCUT2D eigenvalue weighted by Crippen LogP contribution is -2.43. The standard InChI is InChI=1S/C12H19N5O5S/c1-23(2,20,21)3-6-8(18)9(19)12(22-6)17-5-16-7-10(13)14-4-15-11(7)17/h4-6,8-9,12,18-19H,3H2,1-2H3,(H,20,21)(H2,13,14,15)/t6-,8?,9?,12-/m1/s1. The lowest BCUT2D eigenvalue weighted by atomic mass is 10.1. The molecule has 2 aromatic heterocycles. The van der Waals surface area contributed by atoms with Crippen molar-refractivity contribution in [3.05, 3.63) is 12.7 Å². The van der Waals surface area contributed by atoms with Gasteiger partial charge in [0.25, 0.3) is 0 Å². The molecule has 11 heteroatoms. The summed E-state index contributed by atoms with van der Waals surface area (Å²) in [5.41, 5.74) is 6.39. The largest absolute Gasteiger partial charge is 0.387 e. The Morgan fingerprint density at radius 2 is 2.00 bits per heavy atom. The fourth-order valence-corrected chi connectivity index (χ4v) is 3.84. The molecule has 0 aliphatic carbocycles. The molecule has 4 atom stereocenters. The van der Waals surface area contributed by atoms with E-state index >= 15 is 0 Å². The van der Waals surface area contributed by atoms with Crippen molar-refractivity contribution in [2.75, 3.05) is 24.0 Å². The van der Waals surface area contributed by atoms with Gasteiger partial charge in [-0.3, -0.25) is 4.57 Å². The highest BCUT2D eigenvalue weighted by Crippen LogP contribution is 2.34. The molecule has 0 radical (unpaired) electrons. The molecular formula is C12H19N5O5S. The van der Waals surface area contributed by atoms with Crippen LogP contribution in [0.5, 0.6) is 0 Å². The van der Waals surface area contributed by atoms with Gasteiger partial charge in [0.05, 0.1) is 12.1 Å². The Morgan fingerprint density at radius 1 is 1.30 bits per heavy atom. The zero-order valence-corrected chi connectivity index (χ0v) is 13.4. The van der Waals surface area contributed by atoms with Gasteiger partial charge in [-0.15, -0.1) is 0 Å². The molecule has 0 saturated carbocycles. The summed E-state index contributed by atoms with van der Waals surface area (Å²) in [5, 5.41) is 20.4. The molecule has 3 rings (SSSR count). The van der Waals surface area contributed by atoms with Gasteiger partial charge in [0.15, 0.2) is 17.7 Å². The van der Waals surface area contributed by atoms with Crippen LogP contribution in [0.15, 0.2) is 12.7 Å². The Labute approximate surface area is 131 Å². The zero-order chi connectivity index (χ0) is 17.0. The highest BCUT2D eigenvalue weighted by Gasteiger charge is 2.46. The van der Waals surface area contributed by atoms with Crippen LogP contribution in [0.25, 0.3) is 11.2 Å². The van der Waals surface area contributed by atoms with Crippen molar-refractivity contribution in [2.24, 2.45) is 0 Å². The number of anilines is 1. The number of fused-ring (bicyclic) bond motifs is 1. The zero-order valence-electron chi connectivity index (χ0n) is 12.6. The Balaban J connectivity index is 1.94. The van der Waals surface area contributed by atoms with Crippen molar-refractivity contribution >= 4 is 26.3 Å². The number of aliphatic hydroxyl groups is 2. The summed E-state index contributed by atoms with van der Waals surface area (Å²) in [4.78, 5) is 11.9. The second-order valence-electron chi connectivity index (χ2n) is 6.30. The van der Waals surface area contributed by atoms with Gasteiger partial charge in [-0.25, -0.2) is 19.2 Å². The molecule has 128 valence electrons. The van der Waals surface area contributed by atoms with Gasteiger partial charge in [0, 0.05) is 12.5 Å². The number of hydrogen-bond donors (Lipinski definition) is 4. The summed E-state index contributed by atoms with van der Waals surface area (Å²) < 4.78 is 29.0. The maximum Gasteiger partial charge on any atom is 0.167 e. The van der Waals surface area contributed by atoms with E-state index in [-0.39, 0.29) is 11.6 Å². The number of aliphatic hydroxyl groups excluding tert-OH is 2. The lowest BCUT2D eigenvalue weighted by molar-refractivity contribution is -0.0294. The molecule has 0 bridgehead atoms. The van der Waals surface area contributed by atoms with Gasteiger partial charge in [0.2, 0.25) is 0 Å². The summed E-state index contributed by atoms with van der Waals surface area (Å²) in [6.45, 7) is 0. The van der Waals surface area contributed by atoms with Gasteiger partial charge in [-0.05, 0) is 0 Å². The fourth-order valence-electron chi connectivity index (χ4n) is 2.62. The molecule has 23 heavy (non-hydrogen) atoms. The summed E-state index contributed by atoms with van der Waals surface area (Å²) in [6.07, 6.45) is 0.387. The van der Waals surface area contributed by atoms with E-state index in [1.165, 1.54) is 29.7 Å². The molecule has 0 spiro atoms. The summed E-state index contributed by atoms with van der Waals surface area (Å²) in [7, 11) is -3.91. The van der Waals surface area contributed by atoms with Crippen LogP contribution in [-0.2, 0) is 14.1 Å². The van der Waals surface area contributed by atoms with Gasteiger partial charge in [0.1, 0.15) is 30.2 Å². The predicted molar refractivity (Wildman–Crippen MR) is 83.1 cm³/mol. The van der Waals surface area contributed by atoms with E-state index in [1.54, 1.807) is 0 Å². The van der Waals surface area contributed by atoms with Crippen LogP contribution < -0.4 is 5.73 Å². The monoisotopic (exact) mass is 345 g/mol. The minimum atomic E-state index is -3.91. The number of aromatic nitrogens is 4. The van der Waals surface area contributed by atoms with Crippen LogP contribution in [0.3, 0.4) is 0 Å². The first-order valence-electron chi connectivity index (χ1n) is 6.82. The summed E-state index contributed by atoms with van der Waals surface area (Å²) in [5.74, 6) is -0.116. The number of nitrogens with zero attached hydrogens (tertiary/aromatic N) is 4. The number of hydrogen-bond acceptors (Lipinski definition) is 8. The number of rotatable bonds is 3. The minimum Gasteiger partial charge on any atom is -0.387 e. The SMILES string of the molecule is CS(C)(=O)(O)C[C@H]1O[C@@H](n2cnc3c(N)ncnc32)C(O)C1O. The topological polar surface area (TPSA) is 157 Å². The van der Waals surface area contributed by atoms with E-state index in [2.05, 4.69) is 15.0 Å². The van der Waals surface area contributed by atoms with E-state index < -0.39 is 33.9 Å². The molecular weight excluding hydrogens is 326 g/mol. The fraction of sp³-hybridized carbons (Fsp3) is 0.583. The molecule has 3 heterocycles. The maximum absolute atomic E-state index is 12.1. The Kier molecular flexibility index (Phi) is 3.46. The first-order valence-corrected chi connectivity index (χ1v) is 9.73. The van der Waals surface area contributed by atoms with E-state index in [0.717, 1.165) is 0 Å². The quantitative estimate of drug-likeness (QED) is 0.524. The van der Waals surface area contributed by atoms with E-state index in [1.807, 2.05) is 0 Å². The lowest BCUT2D eigenvalue weighted by Gasteiger charge is -2.36. The Bertz CT molecular complexity index is 806. The van der Waals surface area contributed by atoms with Crippen molar-refractivity contribution in [1.29, 1.82) is 0 Å². The second kappa shape index (κ2) is 4.92. The van der Waals surface area contributed by atoms with Crippen LogP contribution in [0, 0.1) is 0 Å². The smallest absolute Gasteiger partial charge is 0.167 e. The van der Waals surface area contributed by atoms with Crippen LogP contribution in [-0.4, -0.2) is 75.1 Å². The first-order chi connectivity index (χ1) is 10.5. The van der Waals surface area contributed by atoms with Gasteiger partial charge in [-0.2, -0.15) is 9.35 Å². The molecule has 2 unspecified atom stereocenters. The third-order valence-electron chi connectivity index (χ3n) is 3.64.